The van der Waals surface area contributed by atoms with Gasteiger partial charge in [0.1, 0.15) is 0 Å². The molecule has 3 amide bonds. The molecule has 1 aromatic carbocycles. The highest BCUT2D eigenvalue weighted by molar-refractivity contribution is 6.31. The minimum Gasteiger partial charge on any atom is -0.463 e. The zero-order chi connectivity index (χ0) is 24.0. The number of esters is 1. The predicted octanol–water partition coefficient (Wildman–Crippen LogP) is 2.96. The Morgan fingerprint density at radius 3 is 2.52 bits per heavy atom. The molecule has 1 N–H and O–H groups in total. The van der Waals surface area contributed by atoms with Crippen molar-refractivity contribution in [3.8, 4) is 0 Å². The fraction of sp³-hybridized carbons (Fsp3) is 0.458. The summed E-state index contributed by atoms with van der Waals surface area (Å²) in [6.07, 6.45) is 2.10. The number of carbonyl (C=O) groups excluding carboxylic acids is 3. The first kappa shape index (κ1) is 24.8. The van der Waals surface area contributed by atoms with E-state index in [9.17, 15) is 14.4 Å². The Labute approximate surface area is 199 Å². The predicted molar refractivity (Wildman–Crippen MR) is 127 cm³/mol. The zero-order valence-corrected chi connectivity index (χ0v) is 19.9. The Morgan fingerprint density at radius 2 is 1.91 bits per heavy atom. The van der Waals surface area contributed by atoms with Gasteiger partial charge in [-0.2, -0.15) is 0 Å². The molecule has 0 aliphatic carbocycles. The van der Waals surface area contributed by atoms with Crippen molar-refractivity contribution in [2.45, 2.75) is 26.3 Å². The molecule has 8 nitrogen and oxygen atoms in total. The molecule has 9 heteroatoms. The molecule has 1 saturated heterocycles. The van der Waals surface area contributed by atoms with Gasteiger partial charge in [-0.3, -0.25) is 14.6 Å². The van der Waals surface area contributed by atoms with E-state index in [1.807, 2.05) is 17.9 Å². The summed E-state index contributed by atoms with van der Waals surface area (Å²) in [6, 6.07) is 6.07. The van der Waals surface area contributed by atoms with Crippen molar-refractivity contribution < 1.29 is 19.1 Å². The van der Waals surface area contributed by atoms with Crippen LogP contribution < -0.4 is 5.32 Å². The lowest BCUT2D eigenvalue weighted by Crippen LogP contribution is -2.53. The lowest BCUT2D eigenvalue weighted by atomic mass is 9.94. The average Bonchev–Trinajstić information content (AvgIpc) is 2.81. The molecule has 1 atom stereocenters. The lowest BCUT2D eigenvalue weighted by Gasteiger charge is -2.40. The van der Waals surface area contributed by atoms with Crippen LogP contribution in [0.5, 0.6) is 0 Å². The second kappa shape index (κ2) is 11.3. The maximum atomic E-state index is 13.2. The van der Waals surface area contributed by atoms with Gasteiger partial charge in [-0.25, -0.2) is 9.59 Å². The van der Waals surface area contributed by atoms with Gasteiger partial charge >= 0.3 is 12.0 Å². The number of amides is 3. The average molecular weight is 475 g/mol. The Kier molecular flexibility index (Phi) is 8.52. The number of ether oxygens (including phenoxy) is 1. The van der Waals surface area contributed by atoms with Gasteiger partial charge in [0.15, 0.2) is 0 Å². The number of rotatable bonds is 8. The smallest absolute Gasteiger partial charge is 0.338 e. The van der Waals surface area contributed by atoms with E-state index in [-0.39, 0.29) is 25.1 Å². The third-order valence-corrected chi connectivity index (χ3v) is 6.21. The quantitative estimate of drug-likeness (QED) is 0.462. The van der Waals surface area contributed by atoms with Crippen molar-refractivity contribution in [2.24, 2.45) is 0 Å². The van der Waals surface area contributed by atoms with E-state index in [0.717, 1.165) is 0 Å². The molecule has 0 radical (unpaired) electrons. The van der Waals surface area contributed by atoms with Gasteiger partial charge in [0.2, 0.25) is 5.91 Å². The van der Waals surface area contributed by atoms with Gasteiger partial charge < -0.3 is 15.0 Å². The second-order valence-corrected chi connectivity index (χ2v) is 8.30. The molecule has 2 aliphatic heterocycles. The van der Waals surface area contributed by atoms with Crippen LogP contribution in [-0.4, -0.2) is 78.5 Å². The molecule has 3 rings (SSSR count). The second-order valence-electron chi connectivity index (χ2n) is 7.89. The summed E-state index contributed by atoms with van der Waals surface area (Å²) in [7, 11) is 0. The molecule has 178 valence electrons. The van der Waals surface area contributed by atoms with Gasteiger partial charge in [0.05, 0.1) is 18.2 Å². The number of nitrogens with one attached hydrogen (secondary N) is 1. The van der Waals surface area contributed by atoms with E-state index < -0.39 is 12.0 Å². The van der Waals surface area contributed by atoms with Crippen LogP contribution in [0.3, 0.4) is 0 Å². The number of urea groups is 1. The Morgan fingerprint density at radius 1 is 1.21 bits per heavy atom. The van der Waals surface area contributed by atoms with Crippen LogP contribution in [-0.2, 0) is 14.3 Å². The topological polar surface area (TPSA) is 82.2 Å². The molecule has 1 fully saturated rings. The highest BCUT2D eigenvalue weighted by atomic mass is 35.5. The largest absolute Gasteiger partial charge is 0.463 e. The molecule has 1 unspecified atom stereocenters. The number of hydrogen-bond acceptors (Lipinski definition) is 5. The van der Waals surface area contributed by atoms with Crippen molar-refractivity contribution in [1.82, 2.24) is 20.0 Å². The molecule has 33 heavy (non-hydrogen) atoms. The maximum absolute atomic E-state index is 13.2. The van der Waals surface area contributed by atoms with Crippen LogP contribution in [0, 0.1) is 0 Å². The van der Waals surface area contributed by atoms with Gasteiger partial charge in [0, 0.05) is 56.4 Å². The number of nitrogens with zero attached hydrogens (tertiary/aromatic N) is 3. The van der Waals surface area contributed by atoms with Gasteiger partial charge in [0.25, 0.3) is 0 Å². The minimum atomic E-state index is -0.732. The number of halogens is 1. The monoisotopic (exact) mass is 474 g/mol. The van der Waals surface area contributed by atoms with Gasteiger partial charge in [-0.15, -0.1) is 6.58 Å². The summed E-state index contributed by atoms with van der Waals surface area (Å²) < 4.78 is 5.40. The van der Waals surface area contributed by atoms with Crippen molar-refractivity contribution in [3.05, 3.63) is 58.8 Å². The van der Waals surface area contributed by atoms with Crippen molar-refractivity contribution in [1.29, 1.82) is 0 Å². The molecule has 1 aromatic rings. The van der Waals surface area contributed by atoms with E-state index in [4.69, 9.17) is 16.3 Å². The Hall–Kier alpha value is -2.84. The normalized spacial score (nSPS) is 19.4. The fourth-order valence-electron chi connectivity index (χ4n) is 4.18. The van der Waals surface area contributed by atoms with Crippen molar-refractivity contribution >= 4 is 29.5 Å². The van der Waals surface area contributed by atoms with Gasteiger partial charge in [-0.05, 0) is 18.6 Å². The van der Waals surface area contributed by atoms with Crippen LogP contribution in [0.25, 0.3) is 0 Å². The summed E-state index contributed by atoms with van der Waals surface area (Å²) in [5.74, 6) is -0.364. The minimum absolute atomic E-state index is 0.130. The third-order valence-electron chi connectivity index (χ3n) is 5.86. The number of benzene rings is 1. The van der Waals surface area contributed by atoms with Crippen LogP contribution in [0.15, 0.2) is 48.2 Å². The van der Waals surface area contributed by atoms with Crippen LogP contribution in [0.4, 0.5) is 4.79 Å². The molecule has 0 saturated carbocycles. The fourth-order valence-corrected chi connectivity index (χ4v) is 4.42. The number of carbonyl (C=O) groups is 3. The molecular formula is C24H31ClN4O4. The molecule has 2 heterocycles. The highest BCUT2D eigenvalue weighted by Gasteiger charge is 2.39. The molecular weight excluding hydrogens is 444 g/mol. The van der Waals surface area contributed by atoms with Crippen LogP contribution >= 0.6 is 11.6 Å². The van der Waals surface area contributed by atoms with Crippen molar-refractivity contribution in [2.75, 3.05) is 45.9 Å². The van der Waals surface area contributed by atoms with E-state index in [2.05, 4.69) is 16.8 Å². The van der Waals surface area contributed by atoms with E-state index in [0.29, 0.717) is 61.0 Å². The first-order valence-corrected chi connectivity index (χ1v) is 11.6. The Bertz CT molecular complexity index is 940. The molecule has 0 aromatic heterocycles. The third kappa shape index (κ3) is 5.57. The van der Waals surface area contributed by atoms with E-state index in [1.165, 1.54) is 4.90 Å². The van der Waals surface area contributed by atoms with Gasteiger partial charge in [-0.1, -0.05) is 42.8 Å². The first-order valence-electron chi connectivity index (χ1n) is 11.2. The molecule has 0 bridgehead atoms. The standard InChI is InChI=1S/C24H31ClN4O4/c1-4-11-29-19(16-27-12-14-28(15-13-27)20(30)5-2)21(23(31)33-6-3)22(26-24(29)32)17-9-7-8-10-18(17)25/h4,7-10,22H,1,5-6,11-16H2,2-3H3,(H,26,32). The summed E-state index contributed by atoms with van der Waals surface area (Å²) in [4.78, 5) is 43.8. The summed E-state index contributed by atoms with van der Waals surface area (Å²) >= 11 is 6.45. The molecule has 0 spiro atoms. The summed E-state index contributed by atoms with van der Waals surface area (Å²) in [5.41, 5.74) is 1.56. The summed E-state index contributed by atoms with van der Waals surface area (Å²) in [6.45, 7) is 10.7. The first-order chi connectivity index (χ1) is 15.9. The number of piperazine rings is 1. The SMILES string of the molecule is C=CCN1C(=O)NC(c2ccccc2Cl)C(C(=O)OCC)=C1CN1CCN(C(=O)CC)CC1. The van der Waals surface area contributed by atoms with Crippen LogP contribution in [0.1, 0.15) is 31.9 Å². The highest BCUT2D eigenvalue weighted by Crippen LogP contribution is 2.35. The van der Waals surface area contributed by atoms with E-state index in [1.54, 1.807) is 31.2 Å². The maximum Gasteiger partial charge on any atom is 0.338 e. The molecule has 2 aliphatic rings. The van der Waals surface area contributed by atoms with E-state index >= 15 is 0 Å². The summed E-state index contributed by atoms with van der Waals surface area (Å²) in [5, 5.41) is 3.37. The van der Waals surface area contributed by atoms with Crippen molar-refractivity contribution in [3.63, 3.8) is 0 Å². The van der Waals surface area contributed by atoms with Crippen LogP contribution in [0.2, 0.25) is 5.02 Å². The number of hydrogen-bond donors (Lipinski definition) is 1. The Balaban J connectivity index is 2.01. The zero-order valence-electron chi connectivity index (χ0n) is 19.2. The lowest BCUT2D eigenvalue weighted by molar-refractivity contribution is -0.139.